The van der Waals surface area contributed by atoms with E-state index in [2.05, 4.69) is 10.1 Å². The Morgan fingerprint density at radius 2 is 2.31 bits per heavy atom. The Balaban J connectivity index is 2.19. The zero-order valence-electron chi connectivity index (χ0n) is 9.13. The van der Waals surface area contributed by atoms with Crippen LogP contribution in [0.15, 0.2) is 30.9 Å². The first-order valence-corrected chi connectivity index (χ1v) is 5.16. The lowest BCUT2D eigenvalue weighted by molar-refractivity contribution is 0.474. The number of rotatable bonds is 4. The molecule has 0 aliphatic carbocycles. The van der Waals surface area contributed by atoms with Gasteiger partial charge in [-0.25, -0.2) is 0 Å². The van der Waals surface area contributed by atoms with Crippen LogP contribution < -0.4 is 10.5 Å². The lowest BCUT2D eigenvalue weighted by Gasteiger charge is -2.06. The largest absolute Gasteiger partial charge is 0.454 e. The number of aromatic nitrogens is 3. The number of nitrogens with zero attached hydrogens (tertiary/aromatic N) is 3. The van der Waals surface area contributed by atoms with Gasteiger partial charge in [-0.1, -0.05) is 0 Å². The van der Waals surface area contributed by atoms with Gasteiger partial charge in [0.15, 0.2) is 5.75 Å². The average molecular weight is 218 g/mol. The van der Waals surface area contributed by atoms with Crippen LogP contribution in [0.25, 0.3) is 0 Å². The van der Waals surface area contributed by atoms with Crippen molar-refractivity contribution in [2.75, 3.05) is 0 Å². The SMILES string of the molecule is CCn1cc(Oc2ccncc2CN)cn1. The van der Waals surface area contributed by atoms with Crippen molar-refractivity contribution in [2.45, 2.75) is 20.0 Å². The molecule has 0 bridgehead atoms. The molecule has 0 aliphatic rings. The molecule has 0 spiro atoms. The summed E-state index contributed by atoms with van der Waals surface area (Å²) in [5, 5.41) is 4.13. The molecule has 84 valence electrons. The predicted octanol–water partition coefficient (Wildman–Crippen LogP) is 1.55. The molecule has 2 N–H and O–H groups in total. The van der Waals surface area contributed by atoms with Gasteiger partial charge in [-0.15, -0.1) is 0 Å². The van der Waals surface area contributed by atoms with Gasteiger partial charge in [0.1, 0.15) is 5.75 Å². The topological polar surface area (TPSA) is 66.0 Å². The molecule has 2 aromatic rings. The Morgan fingerprint density at radius 3 is 3.00 bits per heavy atom. The molecule has 0 radical (unpaired) electrons. The summed E-state index contributed by atoms with van der Waals surface area (Å²) in [5.74, 6) is 1.44. The lowest BCUT2D eigenvalue weighted by Crippen LogP contribution is -1.99. The van der Waals surface area contributed by atoms with Crippen LogP contribution >= 0.6 is 0 Å². The zero-order valence-corrected chi connectivity index (χ0v) is 9.13. The number of nitrogens with two attached hydrogens (primary N) is 1. The molecule has 0 atom stereocenters. The molecule has 0 aliphatic heterocycles. The summed E-state index contributed by atoms with van der Waals surface area (Å²) in [6.45, 7) is 3.25. The van der Waals surface area contributed by atoms with Gasteiger partial charge in [0, 0.05) is 31.0 Å². The summed E-state index contributed by atoms with van der Waals surface area (Å²) in [5.41, 5.74) is 6.48. The van der Waals surface area contributed by atoms with Crippen LogP contribution in [0.2, 0.25) is 0 Å². The summed E-state index contributed by atoms with van der Waals surface area (Å²) in [4.78, 5) is 4.00. The third-order valence-electron chi connectivity index (χ3n) is 2.24. The number of pyridine rings is 1. The van der Waals surface area contributed by atoms with Crippen LogP contribution in [0.1, 0.15) is 12.5 Å². The van der Waals surface area contributed by atoms with E-state index < -0.39 is 0 Å². The Labute approximate surface area is 93.9 Å². The number of ether oxygens (including phenoxy) is 1. The smallest absolute Gasteiger partial charge is 0.165 e. The van der Waals surface area contributed by atoms with E-state index in [1.165, 1.54) is 0 Å². The van der Waals surface area contributed by atoms with Crippen molar-refractivity contribution in [2.24, 2.45) is 5.73 Å². The van der Waals surface area contributed by atoms with Crippen LogP contribution in [0.4, 0.5) is 0 Å². The van der Waals surface area contributed by atoms with Crippen molar-refractivity contribution in [3.05, 3.63) is 36.4 Å². The monoisotopic (exact) mass is 218 g/mol. The fourth-order valence-corrected chi connectivity index (χ4v) is 1.36. The van der Waals surface area contributed by atoms with Crippen LogP contribution in [0.5, 0.6) is 11.5 Å². The first-order chi connectivity index (χ1) is 7.83. The van der Waals surface area contributed by atoms with Crippen molar-refractivity contribution in [1.82, 2.24) is 14.8 Å². The second kappa shape index (κ2) is 4.76. The Morgan fingerprint density at radius 1 is 1.44 bits per heavy atom. The molecule has 5 heteroatoms. The van der Waals surface area contributed by atoms with E-state index in [-0.39, 0.29) is 0 Å². The van der Waals surface area contributed by atoms with Crippen LogP contribution in [-0.4, -0.2) is 14.8 Å². The first-order valence-electron chi connectivity index (χ1n) is 5.16. The second-order valence-electron chi connectivity index (χ2n) is 3.32. The highest BCUT2D eigenvalue weighted by Gasteiger charge is 2.04. The minimum atomic E-state index is 0.408. The van der Waals surface area contributed by atoms with Gasteiger partial charge in [-0.3, -0.25) is 9.67 Å². The maximum absolute atomic E-state index is 5.68. The lowest BCUT2D eigenvalue weighted by atomic mass is 10.2. The van der Waals surface area contributed by atoms with Crippen molar-refractivity contribution >= 4 is 0 Å². The predicted molar refractivity (Wildman–Crippen MR) is 60.1 cm³/mol. The highest BCUT2D eigenvalue weighted by Crippen LogP contribution is 2.23. The van der Waals surface area contributed by atoms with Crippen molar-refractivity contribution < 1.29 is 4.74 Å². The third kappa shape index (κ3) is 2.20. The highest BCUT2D eigenvalue weighted by atomic mass is 16.5. The quantitative estimate of drug-likeness (QED) is 0.845. The Bertz CT molecular complexity index is 467. The summed E-state index contributed by atoms with van der Waals surface area (Å²) in [7, 11) is 0. The number of aryl methyl sites for hydroxylation is 1. The second-order valence-corrected chi connectivity index (χ2v) is 3.32. The van der Waals surface area contributed by atoms with Crippen molar-refractivity contribution in [1.29, 1.82) is 0 Å². The van der Waals surface area contributed by atoms with E-state index in [0.29, 0.717) is 12.3 Å². The minimum absolute atomic E-state index is 0.408. The molecular weight excluding hydrogens is 204 g/mol. The molecule has 2 rings (SSSR count). The van der Waals surface area contributed by atoms with E-state index in [1.807, 2.05) is 13.1 Å². The molecule has 0 fully saturated rings. The summed E-state index contributed by atoms with van der Waals surface area (Å²) >= 11 is 0. The molecule has 5 nitrogen and oxygen atoms in total. The zero-order chi connectivity index (χ0) is 11.4. The van der Waals surface area contributed by atoms with Gasteiger partial charge in [0.2, 0.25) is 0 Å². The molecule has 2 heterocycles. The molecule has 0 aromatic carbocycles. The van der Waals surface area contributed by atoms with Gasteiger partial charge in [0.05, 0.1) is 12.4 Å². The number of hydrogen-bond acceptors (Lipinski definition) is 4. The van der Waals surface area contributed by atoms with Gasteiger partial charge in [-0.05, 0) is 13.0 Å². The van der Waals surface area contributed by atoms with E-state index in [4.69, 9.17) is 10.5 Å². The van der Waals surface area contributed by atoms with E-state index in [1.54, 1.807) is 29.3 Å². The maximum Gasteiger partial charge on any atom is 0.165 e. The fourth-order valence-electron chi connectivity index (χ4n) is 1.36. The van der Waals surface area contributed by atoms with E-state index >= 15 is 0 Å². The van der Waals surface area contributed by atoms with Gasteiger partial charge in [-0.2, -0.15) is 5.10 Å². The van der Waals surface area contributed by atoms with Crippen LogP contribution in [0.3, 0.4) is 0 Å². The average Bonchev–Trinajstić information content (AvgIpc) is 2.77. The molecule has 2 aromatic heterocycles. The highest BCUT2D eigenvalue weighted by molar-refractivity contribution is 5.33. The first kappa shape index (κ1) is 10.6. The van der Waals surface area contributed by atoms with Gasteiger partial charge in [0.25, 0.3) is 0 Å². The Kier molecular flexibility index (Phi) is 3.16. The van der Waals surface area contributed by atoms with Gasteiger partial charge >= 0.3 is 0 Å². The summed E-state index contributed by atoms with van der Waals surface area (Å²) in [6.07, 6.45) is 6.92. The minimum Gasteiger partial charge on any atom is -0.454 e. The van der Waals surface area contributed by atoms with Crippen LogP contribution in [-0.2, 0) is 13.1 Å². The maximum atomic E-state index is 5.68. The van der Waals surface area contributed by atoms with Crippen LogP contribution in [0, 0.1) is 0 Å². The van der Waals surface area contributed by atoms with E-state index in [9.17, 15) is 0 Å². The van der Waals surface area contributed by atoms with Crippen molar-refractivity contribution in [3.8, 4) is 11.5 Å². The summed E-state index contributed by atoms with van der Waals surface area (Å²) < 4.78 is 7.48. The van der Waals surface area contributed by atoms with E-state index in [0.717, 1.165) is 17.9 Å². The van der Waals surface area contributed by atoms with Gasteiger partial charge < -0.3 is 10.5 Å². The molecule has 0 amide bonds. The normalized spacial score (nSPS) is 10.4. The fraction of sp³-hybridized carbons (Fsp3) is 0.273. The number of hydrogen-bond donors (Lipinski definition) is 1. The molecule has 16 heavy (non-hydrogen) atoms. The molecule has 0 unspecified atom stereocenters. The molecular formula is C11H14N4O. The standard InChI is InChI=1S/C11H14N4O/c1-2-15-8-10(7-14-15)16-11-3-4-13-6-9(11)5-12/h3-4,6-8H,2,5,12H2,1H3. The molecule has 0 saturated heterocycles. The Hall–Kier alpha value is -1.88. The third-order valence-corrected chi connectivity index (χ3v) is 2.24. The van der Waals surface area contributed by atoms with Crippen molar-refractivity contribution in [3.63, 3.8) is 0 Å². The molecule has 0 saturated carbocycles. The summed E-state index contributed by atoms with van der Waals surface area (Å²) in [6, 6.07) is 1.80.